The molecule has 2 amide bonds. The fourth-order valence-electron chi connectivity index (χ4n) is 2.43. The molecule has 4 nitrogen and oxygen atoms in total. The molecular formula is C19H22N2O2. The lowest BCUT2D eigenvalue weighted by Crippen LogP contribution is -2.31. The number of hydrogen-bond acceptors (Lipinski definition) is 2. The first-order valence-corrected chi connectivity index (χ1v) is 7.71. The number of rotatable bonds is 5. The standard InChI is InChI=1S/C19H22N2O2/c1-13(2)18(15-7-5-4-6-8-15)21-19(23)16-9-11-17(12-10-16)20-14(3)22/h4-13,18H,1-3H3,(H,20,22)(H,21,23). The predicted molar refractivity (Wildman–Crippen MR) is 92.2 cm³/mol. The third kappa shape index (κ3) is 4.68. The van der Waals surface area contributed by atoms with Crippen LogP contribution in [0.15, 0.2) is 54.6 Å². The summed E-state index contributed by atoms with van der Waals surface area (Å²) in [5.41, 5.74) is 2.34. The Morgan fingerprint density at radius 3 is 2.04 bits per heavy atom. The molecule has 1 atom stereocenters. The van der Waals surface area contributed by atoms with Crippen LogP contribution in [-0.4, -0.2) is 11.8 Å². The van der Waals surface area contributed by atoms with Crippen molar-refractivity contribution in [3.63, 3.8) is 0 Å². The number of carbonyl (C=O) groups is 2. The first-order valence-electron chi connectivity index (χ1n) is 7.71. The van der Waals surface area contributed by atoms with Gasteiger partial charge in [0, 0.05) is 18.2 Å². The van der Waals surface area contributed by atoms with Gasteiger partial charge in [-0.1, -0.05) is 44.2 Å². The van der Waals surface area contributed by atoms with Crippen LogP contribution in [0, 0.1) is 5.92 Å². The second-order valence-corrected chi connectivity index (χ2v) is 5.86. The summed E-state index contributed by atoms with van der Waals surface area (Å²) in [6, 6.07) is 16.8. The van der Waals surface area contributed by atoms with Crippen molar-refractivity contribution >= 4 is 17.5 Å². The van der Waals surface area contributed by atoms with Crippen LogP contribution in [0.5, 0.6) is 0 Å². The van der Waals surface area contributed by atoms with E-state index in [1.54, 1.807) is 24.3 Å². The van der Waals surface area contributed by atoms with E-state index in [2.05, 4.69) is 24.5 Å². The second-order valence-electron chi connectivity index (χ2n) is 5.86. The van der Waals surface area contributed by atoms with Crippen molar-refractivity contribution in [3.8, 4) is 0 Å². The van der Waals surface area contributed by atoms with Crippen molar-refractivity contribution in [1.29, 1.82) is 0 Å². The highest BCUT2D eigenvalue weighted by Crippen LogP contribution is 2.22. The molecule has 23 heavy (non-hydrogen) atoms. The lowest BCUT2D eigenvalue weighted by Gasteiger charge is -2.23. The highest BCUT2D eigenvalue weighted by molar-refractivity contribution is 5.95. The highest BCUT2D eigenvalue weighted by Gasteiger charge is 2.18. The smallest absolute Gasteiger partial charge is 0.251 e. The molecule has 0 aliphatic rings. The Bertz CT molecular complexity index is 664. The van der Waals surface area contributed by atoms with E-state index < -0.39 is 0 Å². The topological polar surface area (TPSA) is 58.2 Å². The fourth-order valence-corrected chi connectivity index (χ4v) is 2.43. The molecule has 0 radical (unpaired) electrons. The van der Waals surface area contributed by atoms with Gasteiger partial charge in [-0.3, -0.25) is 9.59 Å². The minimum absolute atomic E-state index is 0.0429. The third-order valence-electron chi connectivity index (χ3n) is 3.58. The maximum absolute atomic E-state index is 12.5. The molecule has 0 aliphatic carbocycles. The van der Waals surface area contributed by atoms with E-state index in [1.165, 1.54) is 6.92 Å². The summed E-state index contributed by atoms with van der Waals surface area (Å²) in [6.07, 6.45) is 0. The van der Waals surface area contributed by atoms with Gasteiger partial charge in [0.15, 0.2) is 0 Å². The second kappa shape index (κ2) is 7.58. The molecule has 0 spiro atoms. The SMILES string of the molecule is CC(=O)Nc1ccc(C(=O)NC(c2ccccc2)C(C)C)cc1. The molecule has 4 heteroatoms. The monoisotopic (exact) mass is 310 g/mol. The van der Waals surface area contributed by atoms with Crippen LogP contribution in [0.2, 0.25) is 0 Å². The van der Waals surface area contributed by atoms with Crippen molar-refractivity contribution in [2.75, 3.05) is 5.32 Å². The number of anilines is 1. The number of benzene rings is 2. The van der Waals surface area contributed by atoms with Crippen molar-refractivity contribution in [2.45, 2.75) is 26.8 Å². The lowest BCUT2D eigenvalue weighted by molar-refractivity contribution is -0.114. The van der Waals surface area contributed by atoms with Crippen molar-refractivity contribution < 1.29 is 9.59 Å². The van der Waals surface area contributed by atoms with Crippen molar-refractivity contribution in [3.05, 3.63) is 65.7 Å². The fraction of sp³-hybridized carbons (Fsp3) is 0.263. The van der Waals surface area contributed by atoms with Crippen LogP contribution in [0.3, 0.4) is 0 Å². The van der Waals surface area contributed by atoms with Gasteiger partial charge >= 0.3 is 0 Å². The Kier molecular flexibility index (Phi) is 5.52. The Labute approximate surface area is 136 Å². The normalized spacial score (nSPS) is 11.8. The molecule has 2 rings (SSSR count). The van der Waals surface area contributed by atoms with Crippen LogP contribution < -0.4 is 10.6 Å². The Balaban J connectivity index is 2.11. The van der Waals surface area contributed by atoms with E-state index in [0.29, 0.717) is 11.3 Å². The number of carbonyl (C=O) groups excluding carboxylic acids is 2. The molecule has 2 aromatic rings. The number of hydrogen-bond donors (Lipinski definition) is 2. The quantitative estimate of drug-likeness (QED) is 0.883. The summed E-state index contributed by atoms with van der Waals surface area (Å²) < 4.78 is 0. The van der Waals surface area contributed by atoms with Gasteiger partial charge in [0.05, 0.1) is 6.04 Å². The Hall–Kier alpha value is -2.62. The minimum Gasteiger partial charge on any atom is -0.345 e. The largest absolute Gasteiger partial charge is 0.345 e. The summed E-state index contributed by atoms with van der Waals surface area (Å²) in [4.78, 5) is 23.5. The lowest BCUT2D eigenvalue weighted by atomic mass is 9.95. The van der Waals surface area contributed by atoms with Gasteiger partial charge in [0.1, 0.15) is 0 Å². The first kappa shape index (κ1) is 16.7. The van der Waals surface area contributed by atoms with Crippen LogP contribution in [0.1, 0.15) is 42.7 Å². The van der Waals surface area contributed by atoms with Crippen molar-refractivity contribution in [1.82, 2.24) is 5.32 Å². The molecular weight excluding hydrogens is 288 g/mol. The molecule has 0 saturated carbocycles. The Morgan fingerprint density at radius 2 is 1.52 bits per heavy atom. The van der Waals surface area contributed by atoms with Gasteiger partial charge in [-0.2, -0.15) is 0 Å². The third-order valence-corrected chi connectivity index (χ3v) is 3.58. The summed E-state index contributed by atoms with van der Waals surface area (Å²) in [6.45, 7) is 5.61. The molecule has 120 valence electrons. The summed E-state index contributed by atoms with van der Waals surface area (Å²) in [5, 5.41) is 5.77. The average molecular weight is 310 g/mol. The van der Waals surface area contributed by atoms with E-state index in [1.807, 2.05) is 30.3 Å². The van der Waals surface area contributed by atoms with E-state index in [4.69, 9.17) is 0 Å². The zero-order chi connectivity index (χ0) is 16.8. The molecule has 2 aromatic carbocycles. The zero-order valence-corrected chi connectivity index (χ0v) is 13.7. The van der Waals surface area contributed by atoms with Crippen LogP contribution in [0.4, 0.5) is 5.69 Å². The minimum atomic E-state index is -0.133. The summed E-state index contributed by atoms with van der Waals surface area (Å²) in [5.74, 6) is 0.0214. The van der Waals surface area contributed by atoms with E-state index in [-0.39, 0.29) is 23.8 Å². The first-order chi connectivity index (χ1) is 11.0. The van der Waals surface area contributed by atoms with Gasteiger partial charge in [-0.05, 0) is 35.7 Å². The summed E-state index contributed by atoms with van der Waals surface area (Å²) >= 11 is 0. The van der Waals surface area contributed by atoms with E-state index >= 15 is 0 Å². The highest BCUT2D eigenvalue weighted by atomic mass is 16.2. The van der Waals surface area contributed by atoms with Gasteiger partial charge in [-0.25, -0.2) is 0 Å². The maximum Gasteiger partial charge on any atom is 0.251 e. The average Bonchev–Trinajstić information content (AvgIpc) is 2.53. The molecule has 0 aromatic heterocycles. The van der Waals surface area contributed by atoms with Crippen molar-refractivity contribution in [2.24, 2.45) is 5.92 Å². The van der Waals surface area contributed by atoms with E-state index in [9.17, 15) is 9.59 Å². The Morgan fingerprint density at radius 1 is 0.913 bits per heavy atom. The van der Waals surface area contributed by atoms with Crippen LogP contribution in [-0.2, 0) is 4.79 Å². The van der Waals surface area contributed by atoms with E-state index in [0.717, 1.165) is 5.56 Å². The van der Waals surface area contributed by atoms with Crippen LogP contribution >= 0.6 is 0 Å². The molecule has 0 heterocycles. The van der Waals surface area contributed by atoms with Gasteiger partial charge in [0.2, 0.25) is 5.91 Å². The zero-order valence-electron chi connectivity index (χ0n) is 13.7. The molecule has 1 unspecified atom stereocenters. The molecule has 0 aliphatic heterocycles. The maximum atomic E-state index is 12.5. The summed E-state index contributed by atoms with van der Waals surface area (Å²) in [7, 11) is 0. The van der Waals surface area contributed by atoms with Gasteiger partial charge < -0.3 is 10.6 Å². The van der Waals surface area contributed by atoms with Gasteiger partial charge in [-0.15, -0.1) is 0 Å². The number of amides is 2. The predicted octanol–water partition coefficient (Wildman–Crippen LogP) is 3.77. The molecule has 0 fully saturated rings. The molecule has 0 saturated heterocycles. The van der Waals surface area contributed by atoms with Crippen LogP contribution in [0.25, 0.3) is 0 Å². The molecule has 0 bridgehead atoms. The molecule has 2 N–H and O–H groups in total. The number of nitrogens with one attached hydrogen (secondary N) is 2. The van der Waals surface area contributed by atoms with Gasteiger partial charge in [0.25, 0.3) is 5.91 Å².